The van der Waals surface area contributed by atoms with E-state index in [1.165, 1.54) is 0 Å². The molecule has 0 spiro atoms. The summed E-state index contributed by atoms with van der Waals surface area (Å²) in [4.78, 5) is 0. The van der Waals surface area contributed by atoms with Crippen molar-refractivity contribution < 1.29 is 5.37 Å². The summed E-state index contributed by atoms with van der Waals surface area (Å²) in [5, 5.41) is 0. The van der Waals surface area contributed by atoms with Gasteiger partial charge in [-0.15, -0.1) is 0 Å². The normalized spacial score (nSPS) is 13.8. The summed E-state index contributed by atoms with van der Waals surface area (Å²) in [5.74, 6) is 1.86. The molecular weight excluding hydrogens is 311 g/mol. The van der Waals surface area contributed by atoms with Crippen molar-refractivity contribution in [2.24, 2.45) is 0 Å². The van der Waals surface area contributed by atoms with E-state index in [1.807, 2.05) is 24.3 Å². The summed E-state index contributed by atoms with van der Waals surface area (Å²) in [6.45, 7) is 0. The van der Waals surface area contributed by atoms with Gasteiger partial charge in [0.25, 0.3) is 0 Å². The number of benzene rings is 1. The van der Waals surface area contributed by atoms with E-state index in [1.54, 1.807) is 0 Å². The van der Waals surface area contributed by atoms with Gasteiger partial charge >= 0.3 is 66.3 Å². The van der Waals surface area contributed by atoms with E-state index in [0.29, 0.717) is 0 Å². The standard InChI is InChI=1S/C6H6O2.Pb/c7-5-3-1-2-4-6(5)8;/h1-4,7-8H;/q;+2/p-2. The van der Waals surface area contributed by atoms with Crippen LogP contribution in [0.2, 0.25) is 0 Å². The van der Waals surface area contributed by atoms with E-state index in [4.69, 9.17) is 5.37 Å². The number of rotatable bonds is 0. The number of hydrogen-bond acceptors (Lipinski definition) is 2. The van der Waals surface area contributed by atoms with Crippen LogP contribution < -0.4 is 5.37 Å². The molecule has 2 nitrogen and oxygen atoms in total. The summed E-state index contributed by atoms with van der Waals surface area (Å²) >= 11 is -1.14. The summed E-state index contributed by atoms with van der Waals surface area (Å²) in [6, 6.07) is 7.79. The number of para-hydroxylation sites is 2. The van der Waals surface area contributed by atoms with Gasteiger partial charge in [0.1, 0.15) is 0 Å². The zero-order valence-electron chi connectivity index (χ0n) is 4.63. The quantitative estimate of drug-likeness (QED) is 0.665. The van der Waals surface area contributed by atoms with Crippen LogP contribution in [-0.2, 0) is 0 Å². The molecule has 0 unspecified atom stereocenters. The Hall–Kier alpha value is -0.258. The predicted molar refractivity (Wildman–Crippen MR) is 33.5 cm³/mol. The summed E-state index contributed by atoms with van der Waals surface area (Å²) in [7, 11) is 0. The van der Waals surface area contributed by atoms with Crippen molar-refractivity contribution in [1.82, 2.24) is 0 Å². The fourth-order valence-electron chi connectivity index (χ4n) is 0.729. The van der Waals surface area contributed by atoms with Crippen molar-refractivity contribution in [1.29, 1.82) is 0 Å². The molecule has 1 aromatic carbocycles. The van der Waals surface area contributed by atoms with Crippen molar-refractivity contribution in [2.75, 3.05) is 0 Å². The van der Waals surface area contributed by atoms with Crippen LogP contribution in [0, 0.1) is 0 Å². The third-order valence-electron chi connectivity index (χ3n) is 1.15. The van der Waals surface area contributed by atoms with Crippen LogP contribution in [0.25, 0.3) is 0 Å². The Morgan fingerprint density at radius 2 is 1.56 bits per heavy atom. The monoisotopic (exact) mass is 316 g/mol. The van der Waals surface area contributed by atoms with Gasteiger partial charge in [0.15, 0.2) is 0 Å². The maximum absolute atomic E-state index is 5.27. The van der Waals surface area contributed by atoms with Crippen molar-refractivity contribution >= 4 is 25.1 Å². The van der Waals surface area contributed by atoms with Gasteiger partial charge in [-0.25, -0.2) is 0 Å². The van der Waals surface area contributed by atoms with E-state index >= 15 is 0 Å². The van der Waals surface area contributed by atoms with Crippen LogP contribution in [0.4, 0.5) is 0 Å². The first-order valence-electron chi connectivity index (χ1n) is 2.64. The summed E-state index contributed by atoms with van der Waals surface area (Å²) < 4.78 is 10.5. The molecule has 0 bridgehead atoms. The van der Waals surface area contributed by atoms with Crippen LogP contribution >= 0.6 is 0 Å². The average Bonchev–Trinajstić information content (AvgIpc) is 2.33. The molecule has 0 saturated heterocycles. The van der Waals surface area contributed by atoms with Crippen molar-refractivity contribution in [2.45, 2.75) is 0 Å². The van der Waals surface area contributed by atoms with E-state index in [9.17, 15) is 0 Å². The molecule has 2 radical (unpaired) electrons. The van der Waals surface area contributed by atoms with Gasteiger partial charge in [-0.05, 0) is 0 Å². The van der Waals surface area contributed by atoms with Gasteiger partial charge < -0.3 is 0 Å². The van der Waals surface area contributed by atoms with Gasteiger partial charge in [0.2, 0.25) is 0 Å². The van der Waals surface area contributed by atoms with Gasteiger partial charge in [-0.2, -0.15) is 0 Å². The fourth-order valence-corrected chi connectivity index (χ4v) is 2.90. The zero-order valence-corrected chi connectivity index (χ0v) is 8.51. The van der Waals surface area contributed by atoms with Crippen LogP contribution in [0.3, 0.4) is 0 Å². The van der Waals surface area contributed by atoms with Crippen LogP contribution in [-0.4, -0.2) is 25.1 Å². The van der Waals surface area contributed by atoms with Gasteiger partial charge in [-0.3, -0.25) is 0 Å². The molecule has 0 amide bonds. The molecule has 0 saturated carbocycles. The first-order valence-corrected chi connectivity index (χ1v) is 5.82. The Morgan fingerprint density at radius 1 is 1.00 bits per heavy atom. The average molecular weight is 315 g/mol. The second kappa shape index (κ2) is 2.17. The molecule has 0 aliphatic carbocycles. The topological polar surface area (TPSA) is 18.5 Å². The van der Waals surface area contributed by atoms with Crippen molar-refractivity contribution in [3.8, 4) is 11.5 Å². The van der Waals surface area contributed by atoms with E-state index in [0.717, 1.165) is 11.5 Å². The minimum absolute atomic E-state index is 0.931. The molecule has 1 aromatic rings. The third-order valence-corrected chi connectivity index (χ3v) is 3.51. The van der Waals surface area contributed by atoms with Crippen LogP contribution in [0.15, 0.2) is 24.3 Å². The molecule has 44 valence electrons. The van der Waals surface area contributed by atoms with Crippen molar-refractivity contribution in [3.63, 3.8) is 0 Å². The predicted octanol–water partition coefficient (Wildman–Crippen LogP) is 0.992. The van der Waals surface area contributed by atoms with Gasteiger partial charge in [0.05, 0.1) is 0 Å². The summed E-state index contributed by atoms with van der Waals surface area (Å²) in [5.41, 5.74) is 0. The maximum atomic E-state index is 5.27. The Kier molecular flexibility index (Phi) is 1.33. The molecule has 1 aliphatic heterocycles. The molecule has 0 N–H and O–H groups in total. The molecule has 2 rings (SSSR count). The second-order valence-corrected chi connectivity index (χ2v) is 3.97. The van der Waals surface area contributed by atoms with E-state index in [2.05, 4.69) is 0 Å². The van der Waals surface area contributed by atoms with E-state index in [-0.39, 0.29) is 0 Å². The zero-order chi connectivity index (χ0) is 6.10. The molecule has 9 heavy (non-hydrogen) atoms. The van der Waals surface area contributed by atoms with Gasteiger partial charge in [0, 0.05) is 0 Å². The second-order valence-electron chi connectivity index (χ2n) is 1.73. The number of hydrogen-bond donors (Lipinski definition) is 0. The first kappa shape index (κ1) is 5.52. The minimum atomic E-state index is -1.14. The van der Waals surface area contributed by atoms with Crippen LogP contribution in [0.5, 0.6) is 11.5 Å². The molecule has 1 aliphatic rings. The molecule has 0 atom stereocenters. The van der Waals surface area contributed by atoms with Crippen LogP contribution in [0.1, 0.15) is 0 Å². The van der Waals surface area contributed by atoms with E-state index < -0.39 is 25.1 Å². The first-order chi connectivity index (χ1) is 4.47. The summed E-state index contributed by atoms with van der Waals surface area (Å²) in [6.07, 6.45) is 0. The van der Waals surface area contributed by atoms with Gasteiger partial charge in [-0.1, -0.05) is 0 Å². The number of fused-ring (bicyclic) bond motifs is 1. The molecule has 1 heterocycles. The molecule has 0 fully saturated rings. The Balaban J connectivity index is 2.54. The Bertz CT molecular complexity index is 201. The molecular formula is C6H4O2Pb. The Labute approximate surface area is 66.3 Å². The SMILES string of the molecule is c1ccc2c(c1)[O][Pb][O]2. The molecule has 0 aromatic heterocycles. The van der Waals surface area contributed by atoms with Crippen molar-refractivity contribution in [3.05, 3.63) is 24.3 Å². The third kappa shape index (κ3) is 0.911. The molecule has 3 heteroatoms. The fraction of sp³-hybridized carbons (Fsp3) is 0. The Morgan fingerprint density at radius 3 is 2.11 bits per heavy atom.